The largest absolute Gasteiger partial charge is 0.411 e. The summed E-state index contributed by atoms with van der Waals surface area (Å²) >= 11 is 1.50. The van der Waals surface area contributed by atoms with E-state index in [1.807, 2.05) is 0 Å². The van der Waals surface area contributed by atoms with E-state index in [4.69, 9.17) is 4.42 Å². The van der Waals surface area contributed by atoms with Crippen LogP contribution in [0.2, 0.25) is 0 Å². The average molecular weight is 314 g/mol. The van der Waals surface area contributed by atoms with Gasteiger partial charge in [0.05, 0.1) is 0 Å². The second-order valence-corrected chi connectivity index (χ2v) is 6.03. The van der Waals surface area contributed by atoms with Crippen molar-refractivity contribution in [3.05, 3.63) is 65.0 Å². The number of benzene rings is 2. The van der Waals surface area contributed by atoms with E-state index < -0.39 is 0 Å². The highest BCUT2D eigenvalue weighted by molar-refractivity contribution is 7.98. The Morgan fingerprint density at radius 1 is 1.05 bits per heavy atom. The number of hydrogen-bond donors (Lipinski definition) is 0. The number of nitrogens with zero attached hydrogens (tertiary/aromatic N) is 2. The van der Waals surface area contributed by atoms with Crippen LogP contribution in [0.5, 0.6) is 0 Å². The summed E-state index contributed by atoms with van der Waals surface area (Å²) in [5.74, 6) is 0.898. The summed E-state index contributed by atoms with van der Waals surface area (Å²) in [6.07, 6.45) is 0. The van der Waals surface area contributed by atoms with Crippen molar-refractivity contribution in [2.45, 2.75) is 24.8 Å². The highest BCUT2D eigenvalue weighted by atomic mass is 32.2. The fourth-order valence-electron chi connectivity index (χ4n) is 2.07. The topological polar surface area (TPSA) is 38.9 Å². The van der Waals surface area contributed by atoms with Gasteiger partial charge in [0.25, 0.3) is 5.22 Å². The standard InChI is InChI=1S/C17H15FN2OS/c1-11-3-4-12(2)14(9-11)10-22-17-20-19-16(21-17)13-5-7-15(18)8-6-13/h3-9H,10H2,1-2H3. The molecule has 0 atom stereocenters. The van der Waals surface area contributed by atoms with Crippen LogP contribution >= 0.6 is 11.8 Å². The number of thioether (sulfide) groups is 1. The lowest BCUT2D eigenvalue weighted by Crippen LogP contribution is -1.87. The van der Waals surface area contributed by atoms with Crippen molar-refractivity contribution in [1.82, 2.24) is 10.2 Å². The van der Waals surface area contributed by atoms with Crippen LogP contribution in [-0.2, 0) is 5.75 Å². The van der Waals surface area contributed by atoms with Gasteiger partial charge >= 0.3 is 0 Å². The van der Waals surface area contributed by atoms with Gasteiger partial charge in [0.1, 0.15) is 5.82 Å². The summed E-state index contributed by atoms with van der Waals surface area (Å²) in [5, 5.41) is 8.56. The molecule has 0 unspecified atom stereocenters. The summed E-state index contributed by atoms with van der Waals surface area (Å²) in [4.78, 5) is 0. The van der Waals surface area contributed by atoms with Crippen molar-refractivity contribution in [2.24, 2.45) is 0 Å². The molecule has 0 saturated heterocycles. The highest BCUT2D eigenvalue weighted by Gasteiger charge is 2.10. The Morgan fingerprint density at radius 2 is 1.82 bits per heavy atom. The Morgan fingerprint density at radius 3 is 2.59 bits per heavy atom. The molecule has 0 N–H and O–H groups in total. The summed E-state index contributed by atoms with van der Waals surface area (Å²) in [5.41, 5.74) is 4.45. The summed E-state index contributed by atoms with van der Waals surface area (Å²) in [7, 11) is 0. The third-order valence-corrected chi connectivity index (χ3v) is 4.22. The van der Waals surface area contributed by atoms with Crippen LogP contribution in [0.3, 0.4) is 0 Å². The predicted molar refractivity (Wildman–Crippen MR) is 85.2 cm³/mol. The zero-order valence-electron chi connectivity index (χ0n) is 12.3. The molecule has 0 amide bonds. The number of aromatic nitrogens is 2. The Hall–Kier alpha value is -2.14. The van der Waals surface area contributed by atoms with Crippen molar-refractivity contribution < 1.29 is 8.81 Å². The Balaban J connectivity index is 1.72. The molecule has 0 aliphatic rings. The van der Waals surface area contributed by atoms with Crippen molar-refractivity contribution in [3.8, 4) is 11.5 Å². The van der Waals surface area contributed by atoms with E-state index >= 15 is 0 Å². The van der Waals surface area contributed by atoms with Gasteiger partial charge in [-0.2, -0.15) is 0 Å². The zero-order valence-corrected chi connectivity index (χ0v) is 13.2. The maximum Gasteiger partial charge on any atom is 0.277 e. The van der Waals surface area contributed by atoms with Crippen molar-refractivity contribution in [1.29, 1.82) is 0 Å². The van der Waals surface area contributed by atoms with E-state index in [1.165, 1.54) is 40.6 Å². The molecular weight excluding hydrogens is 299 g/mol. The normalized spacial score (nSPS) is 10.9. The summed E-state index contributed by atoms with van der Waals surface area (Å²) in [6.45, 7) is 4.17. The third-order valence-electron chi connectivity index (χ3n) is 3.35. The molecule has 0 bridgehead atoms. The molecule has 0 aliphatic carbocycles. The van der Waals surface area contributed by atoms with Gasteiger partial charge in [-0.1, -0.05) is 35.5 Å². The minimum atomic E-state index is -0.284. The highest BCUT2D eigenvalue weighted by Crippen LogP contribution is 2.27. The van der Waals surface area contributed by atoms with E-state index in [-0.39, 0.29) is 5.82 Å². The molecule has 1 aromatic heterocycles. The lowest BCUT2D eigenvalue weighted by Gasteiger charge is -2.04. The summed E-state index contributed by atoms with van der Waals surface area (Å²) < 4.78 is 18.5. The zero-order chi connectivity index (χ0) is 15.5. The molecule has 0 aliphatic heterocycles. The van der Waals surface area contributed by atoms with Crippen LogP contribution in [0.1, 0.15) is 16.7 Å². The molecule has 22 heavy (non-hydrogen) atoms. The fraction of sp³-hybridized carbons (Fsp3) is 0.176. The average Bonchev–Trinajstić information content (AvgIpc) is 2.98. The lowest BCUT2D eigenvalue weighted by molar-refractivity contribution is 0.465. The van der Waals surface area contributed by atoms with Crippen LogP contribution < -0.4 is 0 Å². The molecule has 0 spiro atoms. The Bertz CT molecular complexity index is 784. The minimum Gasteiger partial charge on any atom is -0.411 e. The lowest BCUT2D eigenvalue weighted by atomic mass is 10.1. The summed E-state index contributed by atoms with van der Waals surface area (Å²) in [6, 6.07) is 12.4. The molecule has 3 aromatic rings. The van der Waals surface area contributed by atoms with Crippen molar-refractivity contribution >= 4 is 11.8 Å². The molecule has 1 heterocycles. The van der Waals surface area contributed by atoms with Gasteiger partial charge in [-0.25, -0.2) is 4.39 Å². The number of rotatable bonds is 4. The smallest absolute Gasteiger partial charge is 0.277 e. The van der Waals surface area contributed by atoms with E-state index in [0.717, 1.165) is 5.75 Å². The molecule has 2 aromatic carbocycles. The molecule has 3 rings (SSSR count). The Labute approximate surface area is 132 Å². The van der Waals surface area contributed by atoms with Crippen LogP contribution in [0.4, 0.5) is 4.39 Å². The molecule has 0 saturated carbocycles. The van der Waals surface area contributed by atoms with Gasteiger partial charge in [-0.05, 0) is 49.2 Å². The third kappa shape index (κ3) is 3.36. The SMILES string of the molecule is Cc1ccc(C)c(CSc2nnc(-c3ccc(F)cc3)o2)c1. The van der Waals surface area contributed by atoms with Crippen LogP contribution in [0.15, 0.2) is 52.1 Å². The molecular formula is C17H15FN2OS. The van der Waals surface area contributed by atoms with E-state index in [1.54, 1.807) is 12.1 Å². The Kier molecular flexibility index (Phi) is 4.24. The van der Waals surface area contributed by atoms with Gasteiger partial charge in [0.15, 0.2) is 0 Å². The molecule has 0 fully saturated rings. The first kappa shape index (κ1) is 14.8. The fourth-order valence-corrected chi connectivity index (χ4v) is 2.90. The van der Waals surface area contributed by atoms with Crippen LogP contribution in [-0.4, -0.2) is 10.2 Å². The number of halogens is 1. The first-order valence-corrected chi connectivity index (χ1v) is 7.89. The monoisotopic (exact) mass is 314 g/mol. The van der Waals surface area contributed by atoms with Crippen molar-refractivity contribution in [2.75, 3.05) is 0 Å². The van der Waals surface area contributed by atoms with Gasteiger partial charge in [0.2, 0.25) is 5.89 Å². The maximum atomic E-state index is 12.9. The maximum absolute atomic E-state index is 12.9. The quantitative estimate of drug-likeness (QED) is 0.649. The minimum absolute atomic E-state index is 0.284. The van der Waals surface area contributed by atoms with Crippen LogP contribution in [0, 0.1) is 19.7 Å². The van der Waals surface area contributed by atoms with E-state index in [2.05, 4.69) is 42.2 Å². The second-order valence-electron chi connectivity index (χ2n) is 5.10. The van der Waals surface area contributed by atoms with E-state index in [0.29, 0.717) is 16.7 Å². The molecule has 3 nitrogen and oxygen atoms in total. The van der Waals surface area contributed by atoms with Gasteiger partial charge in [-0.3, -0.25) is 0 Å². The van der Waals surface area contributed by atoms with E-state index in [9.17, 15) is 4.39 Å². The molecule has 5 heteroatoms. The van der Waals surface area contributed by atoms with Gasteiger partial charge in [-0.15, -0.1) is 10.2 Å². The first-order valence-electron chi connectivity index (χ1n) is 6.90. The van der Waals surface area contributed by atoms with Crippen LogP contribution in [0.25, 0.3) is 11.5 Å². The molecule has 112 valence electrons. The number of aryl methyl sites for hydroxylation is 2. The van der Waals surface area contributed by atoms with Gasteiger partial charge < -0.3 is 4.42 Å². The van der Waals surface area contributed by atoms with Crippen molar-refractivity contribution in [3.63, 3.8) is 0 Å². The predicted octanol–water partition coefficient (Wildman–Crippen LogP) is 4.78. The second kappa shape index (κ2) is 6.32. The van der Waals surface area contributed by atoms with Gasteiger partial charge in [0, 0.05) is 11.3 Å². The first-order chi connectivity index (χ1) is 10.6. The number of hydrogen-bond acceptors (Lipinski definition) is 4. The molecule has 0 radical (unpaired) electrons.